The number of carbonyl (C=O) groups is 1. The van der Waals surface area contributed by atoms with Crippen molar-refractivity contribution in [1.29, 1.82) is 0 Å². The number of hydrogen-bond donors (Lipinski definition) is 0. The van der Waals surface area contributed by atoms with E-state index in [0.717, 1.165) is 19.3 Å². The van der Waals surface area contributed by atoms with Gasteiger partial charge in [0.15, 0.2) is 0 Å². The van der Waals surface area contributed by atoms with Crippen LogP contribution in [0.25, 0.3) is 0 Å². The fraction of sp³-hybridized carbons (Fsp3) is 0.529. The topological polar surface area (TPSA) is 35.5 Å². The Bertz CT molecular complexity index is 433. The number of carbonyl (C=O) groups excluding carboxylic acids is 1. The summed E-state index contributed by atoms with van der Waals surface area (Å²) < 4.78 is 11.2. The number of hydrogen-bond acceptors (Lipinski definition) is 3. The maximum atomic E-state index is 11.2. The van der Waals surface area contributed by atoms with Crippen LogP contribution in [0.2, 0.25) is 0 Å². The molecule has 0 saturated carbocycles. The van der Waals surface area contributed by atoms with Crippen molar-refractivity contribution in [2.75, 3.05) is 0 Å². The summed E-state index contributed by atoms with van der Waals surface area (Å²) >= 11 is 3.17. The Kier molecular flexibility index (Phi) is 9.07. The van der Waals surface area contributed by atoms with E-state index in [4.69, 9.17) is 9.47 Å². The first-order valence-corrected chi connectivity index (χ1v) is 8.22. The molecule has 116 valence electrons. The zero-order chi connectivity index (χ0) is 15.5. The molecule has 0 N–H and O–H groups in total. The van der Waals surface area contributed by atoms with Crippen LogP contribution in [0.5, 0.6) is 0 Å². The summed E-state index contributed by atoms with van der Waals surface area (Å²) in [5.74, 6) is -0.260. The lowest BCUT2D eigenvalue weighted by Crippen LogP contribution is -2.25. The van der Waals surface area contributed by atoms with Crippen LogP contribution >= 0.6 is 15.9 Å². The number of ether oxygens (including phenoxy) is 2. The van der Waals surface area contributed by atoms with Crippen LogP contribution in [-0.2, 0) is 14.3 Å². The zero-order valence-corrected chi connectivity index (χ0v) is 14.2. The van der Waals surface area contributed by atoms with E-state index in [0.29, 0.717) is 6.42 Å². The second kappa shape index (κ2) is 10.6. The summed E-state index contributed by atoms with van der Waals surface area (Å²) in [7, 11) is 0. The highest BCUT2D eigenvalue weighted by Crippen LogP contribution is 2.26. The van der Waals surface area contributed by atoms with Crippen molar-refractivity contribution < 1.29 is 14.3 Å². The van der Waals surface area contributed by atoms with Crippen LogP contribution in [0, 0.1) is 0 Å². The zero-order valence-electron chi connectivity index (χ0n) is 12.6. The van der Waals surface area contributed by atoms with Crippen LogP contribution in [0.3, 0.4) is 0 Å². The average Bonchev–Trinajstić information content (AvgIpc) is 2.82. The minimum Gasteiger partial charge on any atom is -0.460 e. The number of allylic oxidation sites excluding steroid dienone is 3. The molecule has 21 heavy (non-hydrogen) atoms. The molecule has 0 amide bonds. The molecule has 0 aliphatic carbocycles. The van der Waals surface area contributed by atoms with Gasteiger partial charge in [0.1, 0.15) is 6.10 Å². The third-order valence-corrected chi connectivity index (χ3v) is 3.37. The van der Waals surface area contributed by atoms with Crippen LogP contribution < -0.4 is 0 Å². The summed E-state index contributed by atoms with van der Waals surface area (Å²) in [5, 5.41) is 0. The molecule has 0 bridgehead atoms. The van der Waals surface area contributed by atoms with Crippen LogP contribution in [0.1, 0.15) is 39.5 Å². The molecule has 3 nitrogen and oxygen atoms in total. The van der Waals surface area contributed by atoms with Crippen LogP contribution in [0.15, 0.2) is 41.1 Å². The first-order valence-electron chi connectivity index (χ1n) is 7.31. The van der Waals surface area contributed by atoms with Crippen molar-refractivity contribution >= 4 is 21.9 Å². The van der Waals surface area contributed by atoms with E-state index in [1.165, 1.54) is 6.92 Å². The van der Waals surface area contributed by atoms with E-state index in [1.807, 2.05) is 6.08 Å². The maximum absolute atomic E-state index is 11.2. The third-order valence-electron chi connectivity index (χ3n) is 3.10. The van der Waals surface area contributed by atoms with Gasteiger partial charge >= 0.3 is 5.97 Å². The lowest BCUT2D eigenvalue weighted by molar-refractivity contribution is -0.148. The third kappa shape index (κ3) is 7.47. The molecule has 1 heterocycles. The number of esters is 1. The Balaban J connectivity index is 2.52. The Morgan fingerprint density at radius 2 is 2.14 bits per heavy atom. The van der Waals surface area contributed by atoms with Crippen molar-refractivity contribution in [3.8, 4) is 0 Å². The van der Waals surface area contributed by atoms with Gasteiger partial charge < -0.3 is 9.47 Å². The largest absolute Gasteiger partial charge is 0.460 e. The van der Waals surface area contributed by atoms with Gasteiger partial charge in [0.05, 0.1) is 12.2 Å². The molecule has 1 saturated heterocycles. The first kappa shape index (κ1) is 18.0. The summed E-state index contributed by atoms with van der Waals surface area (Å²) in [6.07, 6.45) is 13.4. The summed E-state index contributed by atoms with van der Waals surface area (Å²) in [5.41, 5.74) is 2.95. The minimum absolute atomic E-state index is 0.0541. The van der Waals surface area contributed by atoms with E-state index >= 15 is 0 Å². The number of halogens is 1. The lowest BCUT2D eigenvalue weighted by atomic mass is 10.1. The predicted octanol–water partition coefficient (Wildman–Crippen LogP) is 4.44. The molecule has 0 unspecified atom stereocenters. The van der Waals surface area contributed by atoms with Gasteiger partial charge in [-0.1, -0.05) is 47.2 Å². The SMILES string of the molecule is CC/C=C/C/C=C/C[C@H]1O[C@H](C=C=CBr)C[C@@H]1OC(C)=O. The molecule has 0 aromatic rings. The Morgan fingerprint density at radius 1 is 1.38 bits per heavy atom. The molecule has 1 rings (SSSR count). The van der Waals surface area contributed by atoms with E-state index < -0.39 is 0 Å². The second-order valence-corrected chi connectivity index (χ2v) is 5.32. The Labute approximate surface area is 135 Å². The summed E-state index contributed by atoms with van der Waals surface area (Å²) in [6.45, 7) is 3.55. The van der Waals surface area contributed by atoms with E-state index in [-0.39, 0.29) is 24.3 Å². The Morgan fingerprint density at radius 3 is 2.81 bits per heavy atom. The fourth-order valence-corrected chi connectivity index (χ4v) is 2.36. The van der Waals surface area contributed by atoms with E-state index in [2.05, 4.69) is 52.9 Å². The van der Waals surface area contributed by atoms with E-state index in [9.17, 15) is 4.79 Å². The Hall–Kier alpha value is -1.09. The van der Waals surface area contributed by atoms with Gasteiger partial charge in [-0.3, -0.25) is 4.79 Å². The van der Waals surface area contributed by atoms with Gasteiger partial charge in [-0.05, 0) is 25.3 Å². The smallest absolute Gasteiger partial charge is 0.302 e. The molecule has 0 aromatic heterocycles. The molecule has 1 fully saturated rings. The molecular weight excluding hydrogens is 332 g/mol. The van der Waals surface area contributed by atoms with Crippen LogP contribution in [0.4, 0.5) is 0 Å². The average molecular weight is 355 g/mol. The number of rotatable bonds is 7. The normalized spacial score (nSPS) is 25.2. The van der Waals surface area contributed by atoms with Crippen molar-refractivity contribution in [3.05, 3.63) is 41.1 Å². The minimum atomic E-state index is -0.260. The highest BCUT2D eigenvalue weighted by Gasteiger charge is 2.35. The predicted molar refractivity (Wildman–Crippen MR) is 88.2 cm³/mol. The molecule has 1 aliphatic rings. The van der Waals surface area contributed by atoms with Gasteiger partial charge in [-0.15, -0.1) is 5.73 Å². The van der Waals surface area contributed by atoms with Crippen molar-refractivity contribution in [3.63, 3.8) is 0 Å². The standard InChI is InChI=1S/C17H23BrO3/c1-3-4-5-6-7-8-11-16-17(20-14(2)19)13-15(21-16)10-9-12-18/h4-5,7-8,10,12,15-17H,3,6,11,13H2,1-2H3/b5-4+,8-7+/t9?,15-,16-,17+/m1/s1. The van der Waals surface area contributed by atoms with Crippen molar-refractivity contribution in [1.82, 2.24) is 0 Å². The van der Waals surface area contributed by atoms with Gasteiger partial charge in [-0.25, -0.2) is 0 Å². The monoisotopic (exact) mass is 354 g/mol. The molecule has 0 spiro atoms. The summed E-state index contributed by atoms with van der Waals surface area (Å²) in [6, 6.07) is 0. The lowest BCUT2D eigenvalue weighted by Gasteiger charge is -2.16. The molecule has 4 heteroatoms. The van der Waals surface area contributed by atoms with Gasteiger partial charge in [0, 0.05) is 18.3 Å². The van der Waals surface area contributed by atoms with Gasteiger partial charge in [0.2, 0.25) is 0 Å². The second-order valence-electron chi connectivity index (χ2n) is 4.86. The molecular formula is C17H23BrO3. The van der Waals surface area contributed by atoms with Crippen molar-refractivity contribution in [2.45, 2.75) is 57.8 Å². The highest BCUT2D eigenvalue weighted by atomic mass is 79.9. The highest BCUT2D eigenvalue weighted by molar-refractivity contribution is 9.11. The van der Waals surface area contributed by atoms with Crippen molar-refractivity contribution in [2.24, 2.45) is 0 Å². The summed E-state index contributed by atoms with van der Waals surface area (Å²) in [4.78, 5) is 12.8. The molecule has 0 radical (unpaired) electrons. The fourth-order valence-electron chi connectivity index (χ4n) is 2.21. The quantitative estimate of drug-likeness (QED) is 0.385. The molecule has 3 atom stereocenters. The van der Waals surface area contributed by atoms with Gasteiger partial charge in [-0.2, -0.15) is 0 Å². The molecule has 0 aromatic carbocycles. The van der Waals surface area contributed by atoms with Crippen LogP contribution in [-0.4, -0.2) is 24.3 Å². The molecule has 1 aliphatic heterocycles. The first-order chi connectivity index (χ1) is 10.2. The van der Waals surface area contributed by atoms with Gasteiger partial charge in [0.25, 0.3) is 0 Å². The maximum Gasteiger partial charge on any atom is 0.302 e. The van der Waals surface area contributed by atoms with E-state index in [1.54, 1.807) is 4.99 Å².